The normalized spacial score (nSPS) is 10.4. The van der Waals surface area contributed by atoms with E-state index < -0.39 is 0 Å². The van der Waals surface area contributed by atoms with Gasteiger partial charge in [0.05, 0.1) is 16.4 Å². The summed E-state index contributed by atoms with van der Waals surface area (Å²) in [7, 11) is 0. The molecule has 1 aromatic rings. The lowest BCUT2D eigenvalue weighted by Gasteiger charge is -2.07. The first kappa shape index (κ1) is 13.6. The fourth-order valence-corrected chi connectivity index (χ4v) is 2.34. The molecule has 0 fully saturated rings. The highest BCUT2D eigenvalue weighted by molar-refractivity contribution is 9.10. The van der Waals surface area contributed by atoms with Gasteiger partial charge < -0.3 is 11.1 Å². The van der Waals surface area contributed by atoms with Crippen LogP contribution >= 0.6 is 27.7 Å². The van der Waals surface area contributed by atoms with Gasteiger partial charge in [-0.3, -0.25) is 0 Å². The Morgan fingerprint density at radius 2 is 2.25 bits per heavy atom. The molecule has 90 valence electrons. The molecule has 0 aliphatic heterocycles. The number of nitrogens with zero attached hydrogens (tertiary/aromatic N) is 1. The number of nitrogens with two attached hydrogens (primary N) is 1. The van der Waals surface area contributed by atoms with E-state index in [1.165, 1.54) is 25.0 Å². The number of nitrogens with one attached hydrogen (secondary N) is 1. The number of anilines is 2. The Morgan fingerprint density at radius 3 is 2.94 bits per heavy atom. The van der Waals surface area contributed by atoms with Gasteiger partial charge in [0.15, 0.2) is 0 Å². The van der Waals surface area contributed by atoms with Crippen molar-refractivity contribution in [3.63, 3.8) is 0 Å². The highest BCUT2D eigenvalue weighted by Gasteiger charge is 2.00. The van der Waals surface area contributed by atoms with Crippen LogP contribution in [-0.4, -0.2) is 23.5 Å². The number of pyridine rings is 1. The van der Waals surface area contributed by atoms with Crippen LogP contribution in [0.3, 0.4) is 0 Å². The van der Waals surface area contributed by atoms with Crippen molar-refractivity contribution in [1.29, 1.82) is 0 Å². The molecule has 0 saturated carbocycles. The van der Waals surface area contributed by atoms with Gasteiger partial charge in [-0.15, -0.1) is 0 Å². The Kier molecular flexibility index (Phi) is 6.64. The number of rotatable bonds is 7. The van der Waals surface area contributed by atoms with E-state index in [2.05, 4.69) is 32.5 Å². The molecule has 1 rings (SSSR count). The highest BCUT2D eigenvalue weighted by Crippen LogP contribution is 2.21. The third-order valence-corrected chi connectivity index (χ3v) is 3.48. The molecule has 0 unspecified atom stereocenters. The van der Waals surface area contributed by atoms with E-state index in [1.54, 1.807) is 6.20 Å². The monoisotopic (exact) mass is 303 g/mol. The van der Waals surface area contributed by atoms with Gasteiger partial charge in [0.2, 0.25) is 0 Å². The molecular weight excluding hydrogens is 286 g/mol. The topological polar surface area (TPSA) is 50.9 Å². The minimum atomic E-state index is 0.678. The van der Waals surface area contributed by atoms with Crippen molar-refractivity contribution >= 4 is 39.2 Å². The quantitative estimate of drug-likeness (QED) is 0.758. The van der Waals surface area contributed by atoms with E-state index >= 15 is 0 Å². The number of halogens is 1. The van der Waals surface area contributed by atoms with Gasteiger partial charge in [-0.25, -0.2) is 4.98 Å². The minimum absolute atomic E-state index is 0.678. The van der Waals surface area contributed by atoms with Crippen molar-refractivity contribution in [2.75, 3.05) is 29.6 Å². The molecular formula is C11H18BrN3S. The van der Waals surface area contributed by atoms with Gasteiger partial charge in [0, 0.05) is 6.54 Å². The van der Waals surface area contributed by atoms with E-state index in [1.807, 2.05) is 17.8 Å². The van der Waals surface area contributed by atoms with Crippen LogP contribution in [0.25, 0.3) is 0 Å². The van der Waals surface area contributed by atoms with Gasteiger partial charge in [0.1, 0.15) is 5.82 Å². The summed E-state index contributed by atoms with van der Waals surface area (Å²) in [4.78, 5) is 4.22. The number of aromatic nitrogens is 1. The highest BCUT2D eigenvalue weighted by atomic mass is 79.9. The van der Waals surface area contributed by atoms with E-state index in [0.29, 0.717) is 5.69 Å². The van der Waals surface area contributed by atoms with Crippen molar-refractivity contribution in [3.05, 3.63) is 16.7 Å². The average molecular weight is 304 g/mol. The molecule has 1 heterocycles. The van der Waals surface area contributed by atoms with Crippen LogP contribution in [0, 0.1) is 0 Å². The molecule has 0 saturated heterocycles. The molecule has 0 radical (unpaired) electrons. The fourth-order valence-electron chi connectivity index (χ4n) is 1.34. The summed E-state index contributed by atoms with van der Waals surface area (Å²) < 4.78 is 0.927. The van der Waals surface area contributed by atoms with E-state index in [4.69, 9.17) is 5.73 Å². The van der Waals surface area contributed by atoms with E-state index in [9.17, 15) is 0 Å². The molecule has 0 amide bonds. The maximum Gasteiger partial charge on any atom is 0.140 e. The van der Waals surface area contributed by atoms with Gasteiger partial charge >= 0.3 is 0 Å². The molecule has 0 aliphatic rings. The lowest BCUT2D eigenvalue weighted by Crippen LogP contribution is -2.04. The van der Waals surface area contributed by atoms with E-state index in [0.717, 1.165) is 16.8 Å². The molecule has 5 heteroatoms. The van der Waals surface area contributed by atoms with E-state index in [-0.39, 0.29) is 0 Å². The molecule has 0 aromatic carbocycles. The van der Waals surface area contributed by atoms with Crippen LogP contribution in [-0.2, 0) is 0 Å². The van der Waals surface area contributed by atoms with Crippen molar-refractivity contribution < 1.29 is 0 Å². The third-order valence-electron chi connectivity index (χ3n) is 2.18. The summed E-state index contributed by atoms with van der Waals surface area (Å²) >= 11 is 5.34. The molecule has 0 bridgehead atoms. The molecule has 3 N–H and O–H groups in total. The summed E-state index contributed by atoms with van der Waals surface area (Å²) in [5.74, 6) is 2.13. The Balaban J connectivity index is 2.21. The minimum Gasteiger partial charge on any atom is -0.397 e. The Labute approximate surface area is 110 Å². The van der Waals surface area contributed by atoms with Crippen molar-refractivity contribution in [1.82, 2.24) is 4.98 Å². The maximum atomic E-state index is 5.61. The van der Waals surface area contributed by atoms with Crippen LogP contribution in [0.4, 0.5) is 11.5 Å². The van der Waals surface area contributed by atoms with Crippen LogP contribution < -0.4 is 11.1 Å². The summed E-state index contributed by atoms with van der Waals surface area (Å²) in [6, 6.07) is 1.86. The first-order chi connectivity index (χ1) is 7.74. The second kappa shape index (κ2) is 7.79. The van der Waals surface area contributed by atoms with Gasteiger partial charge in [-0.05, 0) is 46.8 Å². The Bertz CT molecular complexity index is 320. The molecule has 0 atom stereocenters. The number of unbranched alkanes of at least 4 members (excludes halogenated alkanes) is 2. The van der Waals surface area contributed by atoms with Crippen molar-refractivity contribution in [2.24, 2.45) is 0 Å². The number of hydrogen-bond donors (Lipinski definition) is 2. The predicted molar refractivity (Wildman–Crippen MR) is 77.1 cm³/mol. The fraction of sp³-hybridized carbons (Fsp3) is 0.545. The molecule has 0 aliphatic carbocycles. The molecule has 16 heavy (non-hydrogen) atoms. The van der Waals surface area contributed by atoms with Crippen molar-refractivity contribution in [3.8, 4) is 0 Å². The molecule has 1 aromatic heterocycles. The predicted octanol–water partition coefficient (Wildman–Crippen LogP) is 3.37. The Hall–Kier alpha value is -0.420. The first-order valence-corrected chi connectivity index (χ1v) is 7.56. The second-order valence-corrected chi connectivity index (χ2v) is 5.42. The van der Waals surface area contributed by atoms with Crippen LogP contribution in [0.15, 0.2) is 16.7 Å². The maximum absolute atomic E-state index is 5.61. The number of nitrogen functional groups attached to an aromatic ring is 1. The summed E-state index contributed by atoms with van der Waals surface area (Å²) in [6.07, 6.45) is 7.55. The number of thioether (sulfide) groups is 1. The van der Waals surface area contributed by atoms with Gasteiger partial charge in [-0.1, -0.05) is 6.42 Å². The zero-order valence-corrected chi connectivity index (χ0v) is 11.9. The summed E-state index contributed by atoms with van der Waals surface area (Å²) in [5, 5.41) is 3.30. The van der Waals surface area contributed by atoms with Gasteiger partial charge in [-0.2, -0.15) is 11.8 Å². The summed E-state index contributed by atoms with van der Waals surface area (Å²) in [5.41, 5.74) is 6.29. The molecule has 0 spiro atoms. The zero-order chi connectivity index (χ0) is 11.8. The lowest BCUT2D eigenvalue weighted by molar-refractivity contribution is 0.748. The smallest absolute Gasteiger partial charge is 0.140 e. The molecule has 3 nitrogen and oxygen atoms in total. The zero-order valence-electron chi connectivity index (χ0n) is 9.50. The first-order valence-electron chi connectivity index (χ1n) is 5.38. The third kappa shape index (κ3) is 5.07. The standard InChI is InChI=1S/C11H18BrN3S/c1-16-6-4-2-3-5-14-11-10(12)7-9(13)8-15-11/h7-8H,2-6,13H2,1H3,(H,14,15). The summed E-state index contributed by atoms with van der Waals surface area (Å²) in [6.45, 7) is 0.962. The van der Waals surface area contributed by atoms with Crippen LogP contribution in [0.2, 0.25) is 0 Å². The lowest BCUT2D eigenvalue weighted by atomic mass is 10.2. The van der Waals surface area contributed by atoms with Crippen LogP contribution in [0.1, 0.15) is 19.3 Å². The second-order valence-electron chi connectivity index (χ2n) is 3.58. The van der Waals surface area contributed by atoms with Crippen molar-refractivity contribution in [2.45, 2.75) is 19.3 Å². The van der Waals surface area contributed by atoms with Gasteiger partial charge in [0.25, 0.3) is 0 Å². The number of hydrogen-bond acceptors (Lipinski definition) is 4. The largest absolute Gasteiger partial charge is 0.397 e. The average Bonchev–Trinajstić information content (AvgIpc) is 2.26. The van der Waals surface area contributed by atoms with Crippen LogP contribution in [0.5, 0.6) is 0 Å². The Morgan fingerprint density at radius 1 is 1.44 bits per heavy atom. The SMILES string of the molecule is CSCCCCCNc1ncc(N)cc1Br.